The van der Waals surface area contributed by atoms with Crippen molar-refractivity contribution in [1.29, 1.82) is 0 Å². The Kier molecular flexibility index (Phi) is 2.05. The fraction of sp³-hybridized carbons (Fsp3) is 0.833. The lowest BCUT2D eigenvalue weighted by molar-refractivity contribution is -0.142. The van der Waals surface area contributed by atoms with Crippen LogP contribution in [0.15, 0.2) is 0 Å². The van der Waals surface area contributed by atoms with E-state index in [2.05, 4.69) is 10.1 Å². The maximum Gasteiger partial charge on any atom is 0.322 e. The van der Waals surface area contributed by atoms with Crippen LogP contribution in [0.4, 0.5) is 0 Å². The standard InChI is InChI=1S/C6H11NO2.H2/c1-9-6(8)5-3-2-4-7-5;/h5,7H,2-4H2,1H3;1H. The van der Waals surface area contributed by atoms with Crippen molar-refractivity contribution >= 4 is 5.97 Å². The van der Waals surface area contributed by atoms with Crippen molar-refractivity contribution < 1.29 is 11.0 Å². The Morgan fingerprint density at radius 1 is 1.89 bits per heavy atom. The van der Waals surface area contributed by atoms with Gasteiger partial charge in [-0.1, -0.05) is 0 Å². The van der Waals surface area contributed by atoms with Crippen molar-refractivity contribution in [2.45, 2.75) is 18.9 Å². The van der Waals surface area contributed by atoms with Crippen LogP contribution in [0.5, 0.6) is 0 Å². The molecule has 0 radical (unpaired) electrons. The fourth-order valence-corrected chi connectivity index (χ4v) is 1.03. The molecule has 0 bridgehead atoms. The third kappa shape index (κ3) is 1.42. The zero-order valence-electron chi connectivity index (χ0n) is 5.52. The second kappa shape index (κ2) is 2.82. The summed E-state index contributed by atoms with van der Waals surface area (Å²) in [4.78, 5) is 10.7. The number of hydrogen-bond donors (Lipinski definition) is 1. The van der Waals surface area contributed by atoms with Gasteiger partial charge in [0.1, 0.15) is 6.04 Å². The molecule has 9 heavy (non-hydrogen) atoms. The van der Waals surface area contributed by atoms with Crippen LogP contribution in [0, 0.1) is 0 Å². The minimum atomic E-state index is -0.132. The molecule has 3 nitrogen and oxygen atoms in total. The van der Waals surface area contributed by atoms with Gasteiger partial charge in [-0.3, -0.25) is 4.79 Å². The summed E-state index contributed by atoms with van der Waals surface area (Å²) in [6.45, 7) is 0.944. The normalized spacial score (nSPS) is 26.1. The van der Waals surface area contributed by atoms with Gasteiger partial charge in [0.05, 0.1) is 7.11 Å². The molecule has 0 saturated carbocycles. The van der Waals surface area contributed by atoms with Gasteiger partial charge in [0.25, 0.3) is 0 Å². The molecule has 1 unspecified atom stereocenters. The highest BCUT2D eigenvalue weighted by Crippen LogP contribution is 2.05. The Morgan fingerprint density at radius 3 is 3.11 bits per heavy atom. The van der Waals surface area contributed by atoms with Crippen LogP contribution >= 0.6 is 0 Å². The predicted octanol–water partition coefficient (Wildman–Crippen LogP) is 0.157. The van der Waals surface area contributed by atoms with Gasteiger partial charge in [-0.05, 0) is 19.4 Å². The number of nitrogens with one attached hydrogen (secondary N) is 1. The molecular weight excluding hydrogens is 118 g/mol. The first-order valence-corrected chi connectivity index (χ1v) is 3.16. The summed E-state index contributed by atoms with van der Waals surface area (Å²) >= 11 is 0. The summed E-state index contributed by atoms with van der Waals surface area (Å²) in [6.07, 6.45) is 2.01. The molecule has 1 rings (SSSR count). The Morgan fingerprint density at radius 2 is 2.67 bits per heavy atom. The van der Waals surface area contributed by atoms with E-state index in [1.165, 1.54) is 7.11 Å². The SMILES string of the molecule is COC(=O)C1CCCN1.[HH]. The summed E-state index contributed by atoms with van der Waals surface area (Å²) in [5.74, 6) is -0.132. The van der Waals surface area contributed by atoms with Gasteiger partial charge < -0.3 is 10.1 Å². The molecule has 1 aliphatic heterocycles. The molecule has 1 saturated heterocycles. The second-order valence-corrected chi connectivity index (χ2v) is 2.17. The maximum atomic E-state index is 10.7. The largest absolute Gasteiger partial charge is 0.468 e. The quantitative estimate of drug-likeness (QED) is 0.515. The highest BCUT2D eigenvalue weighted by Gasteiger charge is 2.21. The zero-order valence-corrected chi connectivity index (χ0v) is 5.52. The van der Waals surface area contributed by atoms with E-state index in [4.69, 9.17) is 0 Å². The molecule has 1 N–H and O–H groups in total. The lowest BCUT2D eigenvalue weighted by atomic mass is 10.2. The number of carbonyl (C=O) groups is 1. The van der Waals surface area contributed by atoms with Gasteiger partial charge in [-0.15, -0.1) is 0 Å². The Bertz CT molecular complexity index is 112. The summed E-state index contributed by atoms with van der Waals surface area (Å²) in [7, 11) is 1.42. The highest BCUT2D eigenvalue weighted by atomic mass is 16.5. The molecule has 3 heteroatoms. The molecule has 0 spiro atoms. The van der Waals surface area contributed by atoms with Gasteiger partial charge in [0.2, 0.25) is 0 Å². The topological polar surface area (TPSA) is 38.3 Å². The third-order valence-electron chi connectivity index (χ3n) is 1.55. The van der Waals surface area contributed by atoms with Gasteiger partial charge in [0, 0.05) is 1.43 Å². The number of ether oxygens (including phenoxy) is 1. The smallest absolute Gasteiger partial charge is 0.322 e. The molecule has 0 amide bonds. The molecule has 1 fully saturated rings. The van der Waals surface area contributed by atoms with Gasteiger partial charge in [0.15, 0.2) is 0 Å². The van der Waals surface area contributed by atoms with E-state index < -0.39 is 0 Å². The monoisotopic (exact) mass is 131 g/mol. The Balaban J connectivity index is 0.000000810. The molecule has 0 aliphatic carbocycles. The second-order valence-electron chi connectivity index (χ2n) is 2.17. The Hall–Kier alpha value is -0.570. The van der Waals surface area contributed by atoms with Crippen LogP contribution in [-0.2, 0) is 9.53 Å². The molecule has 0 aromatic carbocycles. The average molecular weight is 131 g/mol. The first-order valence-electron chi connectivity index (χ1n) is 3.16. The van der Waals surface area contributed by atoms with E-state index in [0.29, 0.717) is 0 Å². The minimum Gasteiger partial charge on any atom is -0.468 e. The number of esters is 1. The van der Waals surface area contributed by atoms with E-state index in [1.54, 1.807) is 0 Å². The van der Waals surface area contributed by atoms with Crippen molar-refractivity contribution in [3.63, 3.8) is 0 Å². The molecule has 1 aliphatic rings. The minimum absolute atomic E-state index is 0. The van der Waals surface area contributed by atoms with E-state index >= 15 is 0 Å². The van der Waals surface area contributed by atoms with Gasteiger partial charge >= 0.3 is 5.97 Å². The Labute approximate surface area is 55.9 Å². The van der Waals surface area contributed by atoms with Crippen LogP contribution in [0.2, 0.25) is 0 Å². The number of hydrogen-bond acceptors (Lipinski definition) is 3. The summed E-state index contributed by atoms with van der Waals surface area (Å²) in [6, 6.07) is -0.0324. The lowest BCUT2D eigenvalue weighted by Gasteiger charge is -2.04. The summed E-state index contributed by atoms with van der Waals surface area (Å²) in [5.41, 5.74) is 0. The average Bonchev–Trinajstić information content (AvgIpc) is 2.37. The van der Waals surface area contributed by atoms with Crippen LogP contribution in [0.25, 0.3) is 0 Å². The van der Waals surface area contributed by atoms with E-state index in [0.717, 1.165) is 19.4 Å². The van der Waals surface area contributed by atoms with Crippen LogP contribution in [0.1, 0.15) is 14.3 Å². The first-order chi connectivity index (χ1) is 4.34. The van der Waals surface area contributed by atoms with Crippen molar-refractivity contribution in [2.24, 2.45) is 0 Å². The fourth-order valence-electron chi connectivity index (χ4n) is 1.03. The number of carbonyl (C=O) groups excluding carboxylic acids is 1. The van der Waals surface area contributed by atoms with E-state index in [9.17, 15) is 4.79 Å². The zero-order chi connectivity index (χ0) is 6.69. The van der Waals surface area contributed by atoms with E-state index in [-0.39, 0.29) is 13.4 Å². The van der Waals surface area contributed by atoms with Crippen molar-refractivity contribution in [3.8, 4) is 0 Å². The highest BCUT2D eigenvalue weighted by molar-refractivity contribution is 5.75. The van der Waals surface area contributed by atoms with Crippen LogP contribution < -0.4 is 5.32 Å². The van der Waals surface area contributed by atoms with Crippen molar-refractivity contribution in [1.82, 2.24) is 5.32 Å². The van der Waals surface area contributed by atoms with Gasteiger partial charge in [-0.2, -0.15) is 0 Å². The number of methoxy groups -OCH3 is 1. The number of rotatable bonds is 1. The lowest BCUT2D eigenvalue weighted by Crippen LogP contribution is -2.31. The molecule has 0 aromatic heterocycles. The molecule has 1 atom stereocenters. The summed E-state index contributed by atoms with van der Waals surface area (Å²) in [5, 5.41) is 3.03. The van der Waals surface area contributed by atoms with Crippen molar-refractivity contribution in [3.05, 3.63) is 0 Å². The molecular formula is C6H13NO2. The van der Waals surface area contributed by atoms with E-state index in [1.807, 2.05) is 0 Å². The van der Waals surface area contributed by atoms with Crippen molar-refractivity contribution in [2.75, 3.05) is 13.7 Å². The first kappa shape index (κ1) is 6.55. The summed E-state index contributed by atoms with van der Waals surface area (Å²) < 4.78 is 4.53. The third-order valence-corrected chi connectivity index (χ3v) is 1.55. The molecule has 0 aromatic rings. The maximum absolute atomic E-state index is 10.7. The predicted molar refractivity (Wildman–Crippen MR) is 35.2 cm³/mol. The van der Waals surface area contributed by atoms with Crippen LogP contribution in [0.3, 0.4) is 0 Å². The van der Waals surface area contributed by atoms with Crippen LogP contribution in [-0.4, -0.2) is 25.7 Å². The molecule has 54 valence electrons. The van der Waals surface area contributed by atoms with Gasteiger partial charge in [-0.25, -0.2) is 0 Å². The molecule has 1 heterocycles.